The summed E-state index contributed by atoms with van der Waals surface area (Å²) in [5.74, 6) is -0.0353. The third-order valence-corrected chi connectivity index (χ3v) is 5.29. The van der Waals surface area contributed by atoms with Gasteiger partial charge < -0.3 is 14.8 Å². The second-order valence-corrected chi connectivity index (χ2v) is 7.82. The van der Waals surface area contributed by atoms with Crippen molar-refractivity contribution in [3.8, 4) is 0 Å². The number of carbonyl (C=O) groups is 1. The molecule has 0 aliphatic rings. The van der Waals surface area contributed by atoms with Crippen LogP contribution in [0.3, 0.4) is 0 Å². The van der Waals surface area contributed by atoms with E-state index in [1.807, 2.05) is 74.6 Å². The minimum atomic E-state index is -0.254. The summed E-state index contributed by atoms with van der Waals surface area (Å²) in [4.78, 5) is 19.0. The van der Waals surface area contributed by atoms with Crippen LogP contribution in [0.1, 0.15) is 12.5 Å². The quantitative estimate of drug-likeness (QED) is 0.627. The number of imidazole rings is 1. The Balaban J connectivity index is 1.61. The van der Waals surface area contributed by atoms with Crippen LogP contribution >= 0.6 is 11.8 Å². The number of aromatic nitrogens is 2. The summed E-state index contributed by atoms with van der Waals surface area (Å²) >= 11 is 1.46. The third-order valence-electron chi connectivity index (χ3n) is 4.18. The lowest BCUT2D eigenvalue weighted by atomic mass is 10.2. The second kappa shape index (κ2) is 8.77. The van der Waals surface area contributed by atoms with Crippen molar-refractivity contribution in [3.63, 3.8) is 0 Å². The molecule has 1 heterocycles. The van der Waals surface area contributed by atoms with Gasteiger partial charge in [0.05, 0.1) is 5.25 Å². The van der Waals surface area contributed by atoms with Gasteiger partial charge in [0.1, 0.15) is 0 Å². The summed E-state index contributed by atoms with van der Waals surface area (Å²) in [6.07, 6.45) is 3.72. The molecular weight excluding hydrogens is 356 g/mol. The molecule has 1 aromatic heterocycles. The molecule has 1 atom stereocenters. The molecule has 3 rings (SSSR count). The van der Waals surface area contributed by atoms with Gasteiger partial charge >= 0.3 is 0 Å². The van der Waals surface area contributed by atoms with E-state index in [4.69, 9.17) is 0 Å². The van der Waals surface area contributed by atoms with Gasteiger partial charge in [-0.25, -0.2) is 4.98 Å². The largest absolute Gasteiger partial charge is 0.378 e. The van der Waals surface area contributed by atoms with Crippen LogP contribution in [0.4, 0.5) is 11.4 Å². The molecule has 2 aromatic carbocycles. The number of hydrogen-bond acceptors (Lipinski definition) is 4. The first-order valence-corrected chi connectivity index (χ1v) is 9.71. The molecule has 0 aliphatic heterocycles. The molecule has 0 fully saturated rings. The van der Waals surface area contributed by atoms with Crippen molar-refractivity contribution in [2.24, 2.45) is 0 Å². The Morgan fingerprint density at radius 2 is 1.85 bits per heavy atom. The maximum Gasteiger partial charge on any atom is 0.237 e. The number of hydrogen-bond donors (Lipinski definition) is 1. The van der Waals surface area contributed by atoms with E-state index >= 15 is 0 Å². The van der Waals surface area contributed by atoms with E-state index in [1.165, 1.54) is 17.3 Å². The number of rotatable bonds is 7. The lowest BCUT2D eigenvalue weighted by molar-refractivity contribution is -0.115. The topological polar surface area (TPSA) is 50.2 Å². The number of carbonyl (C=O) groups excluding carboxylic acids is 1. The zero-order valence-corrected chi connectivity index (χ0v) is 16.6. The molecular formula is C21H24N4OS. The molecule has 1 amide bonds. The summed E-state index contributed by atoms with van der Waals surface area (Å²) in [6, 6.07) is 18.0. The standard InChI is InChI=1S/C21H24N4OS/c1-16(20(26)23-18-9-11-19(12-10-18)24(2)3)27-21-22-13-14-25(21)15-17-7-5-4-6-8-17/h4-14,16H,15H2,1-3H3,(H,23,26)/t16-/m0/s1. The van der Waals surface area contributed by atoms with Crippen molar-refractivity contribution in [3.05, 3.63) is 72.6 Å². The number of thioether (sulfide) groups is 1. The molecule has 5 nitrogen and oxygen atoms in total. The predicted molar refractivity (Wildman–Crippen MR) is 112 cm³/mol. The molecule has 0 saturated heterocycles. The number of nitrogens with zero attached hydrogens (tertiary/aromatic N) is 3. The number of anilines is 2. The van der Waals surface area contributed by atoms with Gasteiger partial charge in [-0.1, -0.05) is 42.1 Å². The minimum Gasteiger partial charge on any atom is -0.378 e. The Hall–Kier alpha value is -2.73. The van der Waals surface area contributed by atoms with Gasteiger partial charge in [-0.05, 0) is 36.8 Å². The Labute approximate surface area is 164 Å². The van der Waals surface area contributed by atoms with Crippen LogP contribution < -0.4 is 10.2 Å². The average molecular weight is 381 g/mol. The summed E-state index contributed by atoms with van der Waals surface area (Å²) in [5, 5.41) is 3.56. The first kappa shape index (κ1) is 19.0. The van der Waals surface area contributed by atoms with Gasteiger partial charge in [-0.2, -0.15) is 0 Å². The van der Waals surface area contributed by atoms with Gasteiger partial charge in [0.2, 0.25) is 5.91 Å². The maximum atomic E-state index is 12.5. The molecule has 0 unspecified atom stereocenters. The lowest BCUT2D eigenvalue weighted by Crippen LogP contribution is -2.23. The molecule has 0 aliphatic carbocycles. The summed E-state index contributed by atoms with van der Waals surface area (Å²) in [6.45, 7) is 2.64. The van der Waals surface area contributed by atoms with Crippen LogP contribution in [0, 0.1) is 0 Å². The molecule has 3 aromatic rings. The van der Waals surface area contributed by atoms with E-state index in [0.29, 0.717) is 0 Å². The van der Waals surface area contributed by atoms with Crippen LogP contribution in [0.2, 0.25) is 0 Å². The van der Waals surface area contributed by atoms with Gasteiger partial charge in [-0.15, -0.1) is 0 Å². The highest BCUT2D eigenvalue weighted by molar-refractivity contribution is 8.00. The first-order chi connectivity index (χ1) is 13.0. The molecule has 0 radical (unpaired) electrons. The maximum absolute atomic E-state index is 12.5. The van der Waals surface area contributed by atoms with E-state index < -0.39 is 0 Å². The molecule has 0 saturated carbocycles. The van der Waals surface area contributed by atoms with Gasteiger partial charge in [0.25, 0.3) is 0 Å². The van der Waals surface area contributed by atoms with E-state index in [9.17, 15) is 4.79 Å². The predicted octanol–water partition coefficient (Wildman–Crippen LogP) is 4.12. The van der Waals surface area contributed by atoms with E-state index in [-0.39, 0.29) is 11.2 Å². The fraction of sp³-hybridized carbons (Fsp3) is 0.238. The summed E-state index contributed by atoms with van der Waals surface area (Å²) in [5.41, 5.74) is 3.10. The Morgan fingerprint density at radius 1 is 1.15 bits per heavy atom. The highest BCUT2D eigenvalue weighted by Crippen LogP contribution is 2.24. The second-order valence-electron chi connectivity index (χ2n) is 6.51. The summed E-state index contributed by atoms with van der Waals surface area (Å²) < 4.78 is 2.07. The molecule has 0 spiro atoms. The number of nitrogens with one attached hydrogen (secondary N) is 1. The van der Waals surface area contributed by atoms with Crippen molar-refractivity contribution in [2.75, 3.05) is 24.3 Å². The number of amides is 1. The van der Waals surface area contributed by atoms with Gasteiger partial charge in [0.15, 0.2) is 5.16 Å². The van der Waals surface area contributed by atoms with Crippen LogP contribution in [0.15, 0.2) is 72.1 Å². The third kappa shape index (κ3) is 5.14. The zero-order valence-electron chi connectivity index (χ0n) is 15.8. The van der Waals surface area contributed by atoms with E-state index in [2.05, 4.69) is 27.0 Å². The van der Waals surface area contributed by atoms with Crippen LogP contribution in [0.25, 0.3) is 0 Å². The van der Waals surface area contributed by atoms with E-state index in [0.717, 1.165) is 23.1 Å². The van der Waals surface area contributed by atoms with Crippen LogP contribution in [0.5, 0.6) is 0 Å². The fourth-order valence-electron chi connectivity index (χ4n) is 2.61. The van der Waals surface area contributed by atoms with Gasteiger partial charge in [0, 0.05) is 44.4 Å². The van der Waals surface area contributed by atoms with Crippen LogP contribution in [-0.4, -0.2) is 34.8 Å². The van der Waals surface area contributed by atoms with Crippen molar-refractivity contribution in [1.29, 1.82) is 0 Å². The molecule has 140 valence electrons. The average Bonchev–Trinajstić information content (AvgIpc) is 3.09. The molecule has 1 N–H and O–H groups in total. The molecule has 0 bridgehead atoms. The van der Waals surface area contributed by atoms with Crippen molar-refractivity contribution < 1.29 is 4.79 Å². The lowest BCUT2D eigenvalue weighted by Gasteiger charge is -2.15. The van der Waals surface area contributed by atoms with Crippen molar-refractivity contribution >= 4 is 29.0 Å². The van der Waals surface area contributed by atoms with Gasteiger partial charge in [-0.3, -0.25) is 4.79 Å². The highest BCUT2D eigenvalue weighted by Gasteiger charge is 2.17. The monoisotopic (exact) mass is 380 g/mol. The Morgan fingerprint density at radius 3 is 2.52 bits per heavy atom. The normalized spacial score (nSPS) is 11.8. The van der Waals surface area contributed by atoms with E-state index in [1.54, 1.807) is 6.20 Å². The number of benzene rings is 2. The highest BCUT2D eigenvalue weighted by atomic mass is 32.2. The summed E-state index contributed by atoms with van der Waals surface area (Å²) in [7, 11) is 3.98. The fourth-order valence-corrected chi connectivity index (χ4v) is 3.48. The SMILES string of the molecule is C[C@H](Sc1nccn1Cc1ccccc1)C(=O)Nc1ccc(N(C)C)cc1. The molecule has 27 heavy (non-hydrogen) atoms. The molecule has 6 heteroatoms. The minimum absolute atomic E-state index is 0.0353. The van der Waals surface area contributed by atoms with Crippen LogP contribution in [-0.2, 0) is 11.3 Å². The van der Waals surface area contributed by atoms with Crippen molar-refractivity contribution in [1.82, 2.24) is 9.55 Å². The van der Waals surface area contributed by atoms with Crippen molar-refractivity contribution in [2.45, 2.75) is 23.9 Å². The smallest absolute Gasteiger partial charge is 0.237 e. The Bertz CT molecular complexity index is 875. The Kier molecular flexibility index (Phi) is 6.19. The first-order valence-electron chi connectivity index (χ1n) is 8.83. The zero-order chi connectivity index (χ0) is 19.2.